The van der Waals surface area contributed by atoms with Gasteiger partial charge in [0.1, 0.15) is 0 Å². The third kappa shape index (κ3) is 3.24. The summed E-state index contributed by atoms with van der Waals surface area (Å²) in [6.07, 6.45) is -0.300. The van der Waals surface area contributed by atoms with Gasteiger partial charge in [0.15, 0.2) is 10.7 Å². The van der Waals surface area contributed by atoms with E-state index in [2.05, 4.69) is 37.2 Å². The summed E-state index contributed by atoms with van der Waals surface area (Å²) in [5.74, 6) is -0.590. The van der Waals surface area contributed by atoms with Crippen LogP contribution in [-0.4, -0.2) is 16.1 Å². The van der Waals surface area contributed by atoms with Crippen molar-refractivity contribution in [2.24, 2.45) is 0 Å². The van der Waals surface area contributed by atoms with Crippen LogP contribution in [-0.2, 0) is 15.2 Å². The SMILES string of the molecule is O=C(C[C@]1(O)C(=O)Nc2cc(Br)cc(Br)c21)Sc1ccccc1. The van der Waals surface area contributed by atoms with Crippen LogP contribution in [0.1, 0.15) is 12.0 Å². The van der Waals surface area contributed by atoms with E-state index >= 15 is 0 Å². The highest BCUT2D eigenvalue weighted by Crippen LogP contribution is 2.45. The van der Waals surface area contributed by atoms with E-state index in [1.54, 1.807) is 12.1 Å². The first kappa shape index (κ1) is 16.7. The number of halogens is 2. The smallest absolute Gasteiger partial charge is 0.261 e. The highest BCUT2D eigenvalue weighted by Gasteiger charge is 2.48. The lowest BCUT2D eigenvalue weighted by molar-refractivity contribution is -0.137. The molecule has 1 aliphatic rings. The zero-order valence-corrected chi connectivity index (χ0v) is 15.7. The average molecular weight is 457 g/mol. The second-order valence-electron chi connectivity index (χ2n) is 5.09. The van der Waals surface area contributed by atoms with E-state index in [1.165, 1.54) is 0 Å². The molecule has 0 saturated carbocycles. The molecule has 118 valence electrons. The lowest BCUT2D eigenvalue weighted by atomic mass is 9.92. The lowest BCUT2D eigenvalue weighted by Gasteiger charge is -2.21. The van der Waals surface area contributed by atoms with Crippen molar-refractivity contribution < 1.29 is 14.7 Å². The van der Waals surface area contributed by atoms with E-state index in [4.69, 9.17) is 0 Å². The third-order valence-corrected chi connectivity index (χ3v) is 5.43. The zero-order valence-electron chi connectivity index (χ0n) is 11.7. The Bertz CT molecular complexity index is 797. The summed E-state index contributed by atoms with van der Waals surface area (Å²) in [6.45, 7) is 0. The van der Waals surface area contributed by atoms with Crippen LogP contribution in [0.4, 0.5) is 5.69 Å². The summed E-state index contributed by atoms with van der Waals surface area (Å²) in [5, 5.41) is 13.2. The molecule has 0 aromatic heterocycles. The standard InChI is InChI=1S/C16H11Br2NO3S/c17-9-6-11(18)14-12(7-9)19-15(21)16(14,22)8-13(20)23-10-4-2-1-3-5-10/h1-7,22H,8H2,(H,19,21)/t16-/m1/s1. The van der Waals surface area contributed by atoms with E-state index in [0.29, 0.717) is 15.7 Å². The number of amides is 1. The van der Waals surface area contributed by atoms with Gasteiger partial charge in [-0.15, -0.1) is 0 Å². The number of hydrogen-bond donors (Lipinski definition) is 2. The van der Waals surface area contributed by atoms with Crippen molar-refractivity contribution >= 4 is 60.3 Å². The van der Waals surface area contributed by atoms with E-state index < -0.39 is 11.5 Å². The first-order valence-corrected chi connectivity index (χ1v) is 9.09. The molecule has 7 heteroatoms. The fourth-order valence-electron chi connectivity index (χ4n) is 2.47. The molecule has 2 aromatic rings. The van der Waals surface area contributed by atoms with E-state index in [0.717, 1.165) is 21.1 Å². The number of rotatable bonds is 3. The minimum absolute atomic E-state index is 0.281. The van der Waals surface area contributed by atoms with Crippen LogP contribution >= 0.6 is 43.6 Å². The number of benzene rings is 2. The minimum atomic E-state index is -1.87. The Hall–Kier alpha value is -1.15. The summed E-state index contributed by atoms with van der Waals surface area (Å²) in [5.41, 5.74) is -0.975. The van der Waals surface area contributed by atoms with Crippen LogP contribution in [0.3, 0.4) is 0 Å². The zero-order chi connectivity index (χ0) is 16.6. The second kappa shape index (κ2) is 6.39. The average Bonchev–Trinajstić information content (AvgIpc) is 2.70. The molecule has 23 heavy (non-hydrogen) atoms. The summed E-state index contributed by atoms with van der Waals surface area (Å²) >= 11 is 7.70. The van der Waals surface area contributed by atoms with Crippen molar-refractivity contribution in [3.05, 3.63) is 57.0 Å². The fourth-order valence-corrected chi connectivity index (χ4v) is 4.86. The first-order chi connectivity index (χ1) is 10.9. The quantitative estimate of drug-likeness (QED) is 0.683. The molecule has 0 saturated heterocycles. The fraction of sp³-hybridized carbons (Fsp3) is 0.125. The molecule has 2 aromatic carbocycles. The monoisotopic (exact) mass is 455 g/mol. The number of hydrogen-bond acceptors (Lipinski definition) is 4. The van der Waals surface area contributed by atoms with E-state index in [9.17, 15) is 14.7 Å². The maximum absolute atomic E-state index is 12.3. The molecule has 0 aliphatic carbocycles. The molecule has 0 radical (unpaired) electrons. The van der Waals surface area contributed by atoms with Gasteiger partial charge in [-0.3, -0.25) is 9.59 Å². The number of carbonyl (C=O) groups is 2. The molecule has 1 atom stereocenters. The van der Waals surface area contributed by atoms with Gasteiger partial charge in [-0.05, 0) is 24.3 Å². The Kier molecular flexibility index (Phi) is 4.64. The van der Waals surface area contributed by atoms with Crippen molar-refractivity contribution in [2.75, 3.05) is 5.32 Å². The maximum atomic E-state index is 12.3. The topological polar surface area (TPSA) is 66.4 Å². The second-order valence-corrected chi connectivity index (χ2v) is 7.99. The van der Waals surface area contributed by atoms with Gasteiger partial charge in [0.2, 0.25) is 0 Å². The minimum Gasteiger partial charge on any atom is -0.375 e. The van der Waals surface area contributed by atoms with Gasteiger partial charge in [-0.25, -0.2) is 0 Å². The molecule has 1 amide bonds. The Morgan fingerprint density at radius 3 is 2.61 bits per heavy atom. The van der Waals surface area contributed by atoms with Gasteiger partial charge in [0.05, 0.1) is 6.42 Å². The first-order valence-electron chi connectivity index (χ1n) is 6.69. The van der Waals surface area contributed by atoms with Gasteiger partial charge >= 0.3 is 0 Å². The number of aliphatic hydroxyl groups is 1. The molecule has 1 heterocycles. The molecule has 3 rings (SSSR count). The van der Waals surface area contributed by atoms with Gasteiger partial charge in [0, 0.05) is 25.1 Å². The number of anilines is 1. The van der Waals surface area contributed by atoms with Crippen molar-refractivity contribution in [1.82, 2.24) is 0 Å². The Morgan fingerprint density at radius 1 is 1.22 bits per heavy atom. The molecule has 4 nitrogen and oxygen atoms in total. The number of carbonyl (C=O) groups excluding carboxylic acids is 2. The van der Waals surface area contributed by atoms with Gasteiger partial charge < -0.3 is 10.4 Å². The Balaban J connectivity index is 1.88. The predicted molar refractivity (Wildman–Crippen MR) is 96.3 cm³/mol. The Morgan fingerprint density at radius 2 is 1.91 bits per heavy atom. The van der Waals surface area contributed by atoms with Crippen LogP contribution in [0.25, 0.3) is 0 Å². The number of thioether (sulfide) groups is 1. The summed E-state index contributed by atoms with van der Waals surface area (Å²) < 4.78 is 1.33. The molecule has 0 unspecified atom stereocenters. The third-order valence-electron chi connectivity index (χ3n) is 3.47. The number of nitrogens with one attached hydrogen (secondary N) is 1. The Labute approximate surface area is 153 Å². The largest absolute Gasteiger partial charge is 0.375 e. The lowest BCUT2D eigenvalue weighted by Crippen LogP contribution is -2.36. The highest BCUT2D eigenvalue weighted by molar-refractivity contribution is 9.11. The maximum Gasteiger partial charge on any atom is 0.261 e. The summed E-state index contributed by atoms with van der Waals surface area (Å²) in [4.78, 5) is 25.3. The van der Waals surface area contributed by atoms with Gasteiger partial charge in [0.25, 0.3) is 5.91 Å². The van der Waals surface area contributed by atoms with Crippen LogP contribution in [0.5, 0.6) is 0 Å². The normalized spacial score (nSPS) is 19.3. The molecule has 2 N–H and O–H groups in total. The molecule has 1 aliphatic heterocycles. The van der Waals surface area contributed by atoms with Gasteiger partial charge in [-0.1, -0.05) is 61.8 Å². The molecular formula is C16H11Br2NO3S. The summed E-state index contributed by atoms with van der Waals surface area (Å²) in [7, 11) is 0. The predicted octanol–water partition coefficient (Wildman–Crippen LogP) is 4.06. The molecule has 0 bridgehead atoms. The van der Waals surface area contributed by atoms with Crippen molar-refractivity contribution in [3.8, 4) is 0 Å². The van der Waals surface area contributed by atoms with E-state index in [-0.39, 0.29) is 11.5 Å². The number of fused-ring (bicyclic) bond motifs is 1. The summed E-state index contributed by atoms with van der Waals surface area (Å²) in [6, 6.07) is 12.6. The molecule has 0 spiro atoms. The van der Waals surface area contributed by atoms with Crippen LogP contribution in [0.2, 0.25) is 0 Å². The van der Waals surface area contributed by atoms with Crippen LogP contribution < -0.4 is 5.32 Å². The van der Waals surface area contributed by atoms with E-state index in [1.807, 2.05) is 30.3 Å². The van der Waals surface area contributed by atoms with Crippen molar-refractivity contribution in [2.45, 2.75) is 16.9 Å². The molecular weight excluding hydrogens is 446 g/mol. The van der Waals surface area contributed by atoms with Gasteiger partial charge in [-0.2, -0.15) is 0 Å². The highest BCUT2D eigenvalue weighted by atomic mass is 79.9. The van der Waals surface area contributed by atoms with Crippen molar-refractivity contribution in [3.63, 3.8) is 0 Å². The van der Waals surface area contributed by atoms with Crippen LogP contribution in [0, 0.1) is 0 Å². The van der Waals surface area contributed by atoms with Crippen molar-refractivity contribution in [1.29, 1.82) is 0 Å². The molecule has 0 fully saturated rings. The van der Waals surface area contributed by atoms with Crippen LogP contribution in [0.15, 0.2) is 56.3 Å².